The Hall–Kier alpha value is -2.75. The molecular formula is C20H20BrF2N3O4. The van der Waals surface area contributed by atoms with Crippen molar-refractivity contribution in [1.82, 2.24) is 9.88 Å². The summed E-state index contributed by atoms with van der Waals surface area (Å²) in [5.41, 5.74) is 0.301. The number of rotatable bonds is 6. The summed E-state index contributed by atoms with van der Waals surface area (Å²) in [6, 6.07) is 7.56. The molecule has 2 amide bonds. The van der Waals surface area contributed by atoms with Crippen molar-refractivity contribution in [3.8, 4) is 11.5 Å². The molecule has 7 nitrogen and oxygen atoms in total. The minimum Gasteiger partial charge on any atom is -0.493 e. The van der Waals surface area contributed by atoms with Crippen molar-refractivity contribution < 1.29 is 27.8 Å². The summed E-state index contributed by atoms with van der Waals surface area (Å²) in [5, 5.41) is 2.79. The third kappa shape index (κ3) is 5.44. The van der Waals surface area contributed by atoms with Crippen molar-refractivity contribution in [3.05, 3.63) is 46.6 Å². The number of anilines is 1. The predicted molar refractivity (Wildman–Crippen MR) is 109 cm³/mol. The molecule has 1 aliphatic rings. The minimum absolute atomic E-state index is 0.0532. The number of carbonyl (C=O) groups excluding carboxylic acids is 2. The predicted octanol–water partition coefficient (Wildman–Crippen LogP) is 3.95. The Labute approximate surface area is 180 Å². The van der Waals surface area contributed by atoms with Crippen LogP contribution in [0.25, 0.3) is 0 Å². The highest BCUT2D eigenvalue weighted by Gasteiger charge is 2.28. The first-order chi connectivity index (χ1) is 14.4. The summed E-state index contributed by atoms with van der Waals surface area (Å²) in [6.45, 7) is -2.18. The Bertz CT molecular complexity index is 903. The van der Waals surface area contributed by atoms with Crippen LogP contribution < -0.4 is 14.8 Å². The van der Waals surface area contributed by atoms with Crippen LogP contribution in [0.1, 0.15) is 23.2 Å². The van der Waals surface area contributed by atoms with Crippen LogP contribution in [0.2, 0.25) is 0 Å². The molecule has 1 aliphatic heterocycles. The molecule has 1 saturated heterocycles. The van der Waals surface area contributed by atoms with Gasteiger partial charge in [-0.05, 0) is 59.1 Å². The zero-order chi connectivity index (χ0) is 21.7. The molecule has 30 heavy (non-hydrogen) atoms. The first-order valence-electron chi connectivity index (χ1n) is 9.22. The van der Waals surface area contributed by atoms with E-state index in [0.717, 1.165) is 4.47 Å². The molecule has 3 rings (SSSR count). The number of ether oxygens (including phenoxy) is 2. The van der Waals surface area contributed by atoms with Gasteiger partial charge in [-0.2, -0.15) is 8.78 Å². The van der Waals surface area contributed by atoms with E-state index in [1.165, 1.54) is 25.3 Å². The number of alkyl halides is 2. The number of halogens is 3. The van der Waals surface area contributed by atoms with Gasteiger partial charge in [-0.25, -0.2) is 4.98 Å². The standard InChI is InChI=1S/C20H20BrF2N3O4/c1-29-16-10-13(2-4-15(16)30-20(22)23)19(28)26-8-6-12(7-9-26)18(27)25-17-5-3-14(21)11-24-17/h2-5,10-12,20H,6-9H2,1H3,(H,24,25,27). The van der Waals surface area contributed by atoms with E-state index in [0.29, 0.717) is 37.3 Å². The van der Waals surface area contributed by atoms with E-state index in [4.69, 9.17) is 4.74 Å². The lowest BCUT2D eigenvalue weighted by Crippen LogP contribution is -2.41. The summed E-state index contributed by atoms with van der Waals surface area (Å²) in [7, 11) is 1.31. The lowest BCUT2D eigenvalue weighted by molar-refractivity contribution is -0.121. The zero-order valence-corrected chi connectivity index (χ0v) is 17.7. The molecule has 0 atom stereocenters. The molecule has 160 valence electrons. The molecular weight excluding hydrogens is 464 g/mol. The maximum absolute atomic E-state index is 12.8. The fourth-order valence-corrected chi connectivity index (χ4v) is 3.43. The molecule has 2 aromatic rings. The number of amides is 2. The van der Waals surface area contributed by atoms with Gasteiger partial charge < -0.3 is 19.7 Å². The molecule has 2 heterocycles. The Morgan fingerprint density at radius 3 is 2.53 bits per heavy atom. The van der Waals surface area contributed by atoms with E-state index in [-0.39, 0.29) is 29.2 Å². The first kappa shape index (κ1) is 21.9. The Morgan fingerprint density at radius 2 is 1.93 bits per heavy atom. The molecule has 0 unspecified atom stereocenters. The SMILES string of the molecule is COc1cc(C(=O)N2CCC(C(=O)Nc3ccc(Br)cn3)CC2)ccc1OC(F)F. The molecule has 0 spiro atoms. The number of nitrogens with one attached hydrogen (secondary N) is 1. The van der Waals surface area contributed by atoms with Crippen LogP contribution in [-0.2, 0) is 4.79 Å². The quantitative estimate of drug-likeness (QED) is 0.672. The molecule has 0 radical (unpaired) electrons. The summed E-state index contributed by atoms with van der Waals surface area (Å²) in [5.74, 6) is -0.230. The second kappa shape index (κ2) is 9.84. The molecule has 0 saturated carbocycles. The number of carbonyl (C=O) groups is 2. The molecule has 1 fully saturated rings. The van der Waals surface area contributed by atoms with E-state index in [9.17, 15) is 18.4 Å². The van der Waals surface area contributed by atoms with Crippen molar-refractivity contribution in [2.75, 3.05) is 25.5 Å². The molecule has 1 aromatic carbocycles. The van der Waals surface area contributed by atoms with Crippen LogP contribution in [0.4, 0.5) is 14.6 Å². The van der Waals surface area contributed by atoms with Crippen LogP contribution in [0.3, 0.4) is 0 Å². The number of piperidine rings is 1. The summed E-state index contributed by atoms with van der Waals surface area (Å²) >= 11 is 3.29. The van der Waals surface area contributed by atoms with Crippen LogP contribution in [0.5, 0.6) is 11.5 Å². The van der Waals surface area contributed by atoms with E-state index >= 15 is 0 Å². The van der Waals surface area contributed by atoms with Gasteiger partial charge >= 0.3 is 6.61 Å². The normalized spacial score (nSPS) is 14.5. The van der Waals surface area contributed by atoms with Gasteiger partial charge in [0.25, 0.3) is 5.91 Å². The second-order valence-corrected chi connectivity index (χ2v) is 7.58. The van der Waals surface area contributed by atoms with E-state index in [1.807, 2.05) is 0 Å². The summed E-state index contributed by atoms with van der Waals surface area (Å²) in [4.78, 5) is 31.0. The lowest BCUT2D eigenvalue weighted by atomic mass is 9.95. The molecule has 0 bridgehead atoms. The fourth-order valence-electron chi connectivity index (χ4n) is 3.20. The fraction of sp³-hybridized carbons (Fsp3) is 0.350. The number of likely N-dealkylation sites (tertiary alicyclic amines) is 1. The van der Waals surface area contributed by atoms with Gasteiger partial charge in [0.05, 0.1) is 7.11 Å². The monoisotopic (exact) mass is 483 g/mol. The zero-order valence-electron chi connectivity index (χ0n) is 16.1. The third-order valence-corrected chi connectivity index (χ3v) is 5.23. The topological polar surface area (TPSA) is 80.8 Å². The van der Waals surface area contributed by atoms with Gasteiger partial charge in [-0.1, -0.05) is 0 Å². The first-order valence-corrected chi connectivity index (χ1v) is 10.0. The number of pyridine rings is 1. The van der Waals surface area contributed by atoms with Crippen molar-refractivity contribution in [1.29, 1.82) is 0 Å². The Balaban J connectivity index is 1.58. The average Bonchev–Trinajstić information content (AvgIpc) is 2.75. The van der Waals surface area contributed by atoms with Crippen LogP contribution in [0, 0.1) is 5.92 Å². The maximum Gasteiger partial charge on any atom is 0.387 e. The highest BCUT2D eigenvalue weighted by Crippen LogP contribution is 2.30. The van der Waals surface area contributed by atoms with Crippen molar-refractivity contribution in [3.63, 3.8) is 0 Å². The summed E-state index contributed by atoms with van der Waals surface area (Å²) in [6.07, 6.45) is 2.62. The number of benzene rings is 1. The molecule has 1 N–H and O–H groups in total. The van der Waals surface area contributed by atoms with Crippen molar-refractivity contribution in [2.24, 2.45) is 5.92 Å². The Morgan fingerprint density at radius 1 is 1.20 bits per heavy atom. The highest BCUT2D eigenvalue weighted by atomic mass is 79.9. The molecule has 1 aromatic heterocycles. The average molecular weight is 484 g/mol. The van der Waals surface area contributed by atoms with Gasteiger partial charge in [-0.3, -0.25) is 9.59 Å². The lowest BCUT2D eigenvalue weighted by Gasteiger charge is -2.31. The van der Waals surface area contributed by atoms with E-state index in [1.54, 1.807) is 23.2 Å². The highest BCUT2D eigenvalue weighted by molar-refractivity contribution is 9.10. The second-order valence-electron chi connectivity index (χ2n) is 6.66. The van der Waals surface area contributed by atoms with Gasteiger partial charge in [0.15, 0.2) is 11.5 Å². The number of nitrogens with zero attached hydrogens (tertiary/aromatic N) is 2. The third-order valence-electron chi connectivity index (χ3n) is 4.76. The number of hydrogen-bond acceptors (Lipinski definition) is 5. The van der Waals surface area contributed by atoms with Crippen LogP contribution in [-0.4, -0.2) is 48.5 Å². The van der Waals surface area contributed by atoms with Crippen molar-refractivity contribution >= 4 is 33.6 Å². The van der Waals surface area contributed by atoms with Gasteiger partial charge in [-0.15, -0.1) is 0 Å². The number of methoxy groups -OCH3 is 1. The van der Waals surface area contributed by atoms with Crippen molar-refractivity contribution in [2.45, 2.75) is 19.5 Å². The smallest absolute Gasteiger partial charge is 0.387 e. The van der Waals surface area contributed by atoms with Gasteiger partial charge in [0, 0.05) is 35.2 Å². The summed E-state index contributed by atoms with van der Waals surface area (Å²) < 4.78 is 35.1. The number of aromatic nitrogens is 1. The number of hydrogen-bond donors (Lipinski definition) is 1. The van der Waals surface area contributed by atoms with E-state index < -0.39 is 6.61 Å². The Kier molecular flexibility index (Phi) is 7.20. The van der Waals surface area contributed by atoms with E-state index in [2.05, 4.69) is 31.0 Å². The van der Waals surface area contributed by atoms with Crippen LogP contribution >= 0.6 is 15.9 Å². The van der Waals surface area contributed by atoms with Crippen LogP contribution in [0.15, 0.2) is 41.0 Å². The molecule has 0 aliphatic carbocycles. The minimum atomic E-state index is -2.99. The van der Waals surface area contributed by atoms with Gasteiger partial charge in [0.2, 0.25) is 5.91 Å². The maximum atomic E-state index is 12.8. The largest absolute Gasteiger partial charge is 0.493 e. The molecule has 10 heteroatoms. The van der Waals surface area contributed by atoms with Gasteiger partial charge in [0.1, 0.15) is 5.82 Å².